The fraction of sp³-hybridized carbons (Fsp3) is 1.00. The molecule has 0 aliphatic carbocycles. The van der Waals surface area contributed by atoms with E-state index in [1.54, 1.807) is 0 Å². The van der Waals surface area contributed by atoms with Crippen molar-refractivity contribution in [3.05, 3.63) is 0 Å². The Kier molecular flexibility index (Phi) is 11.5. The van der Waals surface area contributed by atoms with E-state index in [0.29, 0.717) is 0 Å². The maximum absolute atomic E-state index is 10.2. The average Bonchev–Trinajstić information content (AvgIpc) is 2.40. The summed E-state index contributed by atoms with van der Waals surface area (Å²) in [6.07, 6.45) is 14.3. The monoisotopic (exact) mass is 285 g/mol. The van der Waals surface area contributed by atoms with Gasteiger partial charge in [-0.25, -0.2) is 0 Å². The molecule has 1 N–H and O–H groups in total. The lowest BCUT2D eigenvalue weighted by Crippen LogP contribution is -2.48. The third-order valence-corrected chi connectivity index (χ3v) is 4.80. The molecule has 1 atom stereocenters. The highest BCUT2D eigenvalue weighted by Gasteiger charge is 2.29. The molecule has 0 radical (unpaired) electrons. The summed E-state index contributed by atoms with van der Waals surface area (Å²) in [5.41, 5.74) is -0.112. The third-order valence-electron chi connectivity index (χ3n) is 4.80. The van der Waals surface area contributed by atoms with Gasteiger partial charge in [0, 0.05) is 5.54 Å². The van der Waals surface area contributed by atoms with Crippen molar-refractivity contribution >= 4 is 0 Å². The van der Waals surface area contributed by atoms with Crippen molar-refractivity contribution in [3.8, 4) is 0 Å². The van der Waals surface area contributed by atoms with E-state index in [-0.39, 0.29) is 11.6 Å². The number of hydrogen-bond donors (Lipinski definition) is 1. The minimum atomic E-state index is -0.216. The van der Waals surface area contributed by atoms with E-state index in [4.69, 9.17) is 0 Å². The Balaban J connectivity index is 3.40. The van der Waals surface area contributed by atoms with E-state index < -0.39 is 0 Å². The predicted octanol–water partition coefficient (Wildman–Crippen LogP) is 5.00. The molecule has 0 aliphatic rings. The third kappa shape index (κ3) is 8.97. The molecule has 0 heterocycles. The Hall–Kier alpha value is -0.0800. The lowest BCUT2D eigenvalue weighted by molar-refractivity contribution is 0.0109. The molecule has 1 unspecified atom stereocenters. The first kappa shape index (κ1) is 19.9. The van der Waals surface area contributed by atoms with Gasteiger partial charge in [0.25, 0.3) is 0 Å². The normalized spacial score (nSPS) is 13.9. The van der Waals surface area contributed by atoms with Crippen molar-refractivity contribution in [1.82, 2.24) is 4.90 Å². The molecule has 0 aromatic carbocycles. The van der Waals surface area contributed by atoms with Gasteiger partial charge in [0.1, 0.15) is 0 Å². The van der Waals surface area contributed by atoms with Crippen LogP contribution in [0, 0.1) is 0 Å². The van der Waals surface area contributed by atoms with Crippen LogP contribution in [0.5, 0.6) is 0 Å². The second kappa shape index (κ2) is 11.6. The first-order valence-corrected chi connectivity index (χ1v) is 8.78. The van der Waals surface area contributed by atoms with Gasteiger partial charge < -0.3 is 10.0 Å². The quantitative estimate of drug-likeness (QED) is 0.481. The van der Waals surface area contributed by atoms with Crippen molar-refractivity contribution in [2.75, 3.05) is 14.1 Å². The minimum Gasteiger partial charge on any atom is -0.391 e. The Morgan fingerprint density at radius 3 is 1.60 bits per heavy atom. The fourth-order valence-electron chi connectivity index (χ4n) is 2.48. The summed E-state index contributed by atoms with van der Waals surface area (Å²) in [6, 6.07) is 0. The second-order valence-corrected chi connectivity index (χ2v) is 7.03. The van der Waals surface area contributed by atoms with Crippen molar-refractivity contribution in [3.63, 3.8) is 0 Å². The molecule has 122 valence electrons. The smallest absolute Gasteiger partial charge is 0.0718 e. The summed E-state index contributed by atoms with van der Waals surface area (Å²) >= 11 is 0. The number of likely N-dealkylation sites (N-methyl/N-ethyl adjacent to an activating group) is 1. The second-order valence-electron chi connectivity index (χ2n) is 7.03. The molecule has 0 saturated heterocycles. The Labute approximate surface area is 127 Å². The van der Waals surface area contributed by atoms with Gasteiger partial charge in [-0.3, -0.25) is 0 Å². The van der Waals surface area contributed by atoms with Crippen molar-refractivity contribution in [2.24, 2.45) is 0 Å². The Morgan fingerprint density at radius 1 is 0.800 bits per heavy atom. The fourth-order valence-corrected chi connectivity index (χ4v) is 2.48. The number of aliphatic hydroxyl groups excluding tert-OH is 1. The van der Waals surface area contributed by atoms with Gasteiger partial charge in [0.15, 0.2) is 0 Å². The molecule has 20 heavy (non-hydrogen) atoms. The van der Waals surface area contributed by atoms with Crippen LogP contribution < -0.4 is 0 Å². The van der Waals surface area contributed by atoms with E-state index in [1.807, 2.05) is 14.1 Å². The summed E-state index contributed by atoms with van der Waals surface area (Å²) in [7, 11) is 4.09. The molecule has 0 rings (SSSR count). The van der Waals surface area contributed by atoms with Crippen LogP contribution in [0.2, 0.25) is 0 Å². The molecule has 0 aliphatic heterocycles. The molecule has 0 bridgehead atoms. The zero-order chi connectivity index (χ0) is 15.4. The predicted molar refractivity (Wildman–Crippen MR) is 90.2 cm³/mol. The highest BCUT2D eigenvalue weighted by Crippen LogP contribution is 2.21. The van der Waals surface area contributed by atoms with E-state index >= 15 is 0 Å². The highest BCUT2D eigenvalue weighted by molar-refractivity contribution is 4.85. The summed E-state index contributed by atoms with van der Waals surface area (Å²) in [6.45, 7) is 6.51. The topological polar surface area (TPSA) is 23.5 Å². The molecule has 0 saturated carbocycles. The summed E-state index contributed by atoms with van der Waals surface area (Å²) < 4.78 is 0. The summed E-state index contributed by atoms with van der Waals surface area (Å²) in [5, 5.41) is 10.2. The van der Waals surface area contributed by atoms with Gasteiger partial charge in [-0.15, -0.1) is 0 Å². The lowest BCUT2D eigenvalue weighted by Gasteiger charge is -2.37. The van der Waals surface area contributed by atoms with Crippen LogP contribution in [0.3, 0.4) is 0 Å². The first-order chi connectivity index (χ1) is 9.42. The van der Waals surface area contributed by atoms with Gasteiger partial charge in [0.05, 0.1) is 6.10 Å². The zero-order valence-electron chi connectivity index (χ0n) is 14.7. The number of aliphatic hydroxyl groups is 1. The molecular weight excluding hydrogens is 246 g/mol. The summed E-state index contributed by atoms with van der Waals surface area (Å²) in [5.74, 6) is 0. The van der Waals surface area contributed by atoms with E-state index in [0.717, 1.165) is 12.8 Å². The van der Waals surface area contributed by atoms with Crippen LogP contribution in [-0.4, -0.2) is 35.7 Å². The zero-order valence-corrected chi connectivity index (χ0v) is 14.7. The van der Waals surface area contributed by atoms with Crippen molar-refractivity contribution < 1.29 is 5.11 Å². The molecule has 0 aromatic heterocycles. The van der Waals surface area contributed by atoms with Crippen LogP contribution in [-0.2, 0) is 0 Å². The molecule has 0 spiro atoms. The van der Waals surface area contributed by atoms with Gasteiger partial charge in [0.2, 0.25) is 0 Å². The Morgan fingerprint density at radius 2 is 1.20 bits per heavy atom. The number of nitrogens with zero attached hydrogens (tertiary/aromatic N) is 1. The van der Waals surface area contributed by atoms with Crippen LogP contribution in [0.1, 0.15) is 91.4 Å². The highest BCUT2D eigenvalue weighted by atomic mass is 16.3. The number of hydrogen-bond acceptors (Lipinski definition) is 2. The summed E-state index contributed by atoms with van der Waals surface area (Å²) in [4.78, 5) is 2.12. The average molecular weight is 286 g/mol. The van der Waals surface area contributed by atoms with E-state index in [1.165, 1.54) is 57.8 Å². The van der Waals surface area contributed by atoms with Crippen LogP contribution >= 0.6 is 0 Å². The molecular formula is C18H39NO. The molecule has 0 aromatic rings. The Bertz CT molecular complexity index is 213. The number of rotatable bonds is 13. The SMILES string of the molecule is CCCCCCCCCCCCC(O)C(C)(C)N(C)C. The van der Waals surface area contributed by atoms with Gasteiger partial charge in [-0.2, -0.15) is 0 Å². The van der Waals surface area contributed by atoms with E-state index in [2.05, 4.69) is 25.7 Å². The maximum Gasteiger partial charge on any atom is 0.0718 e. The van der Waals surface area contributed by atoms with Crippen LogP contribution in [0.4, 0.5) is 0 Å². The largest absolute Gasteiger partial charge is 0.391 e. The molecule has 0 amide bonds. The van der Waals surface area contributed by atoms with Crippen molar-refractivity contribution in [2.45, 2.75) is 103 Å². The molecule has 2 heteroatoms. The van der Waals surface area contributed by atoms with E-state index in [9.17, 15) is 5.11 Å². The van der Waals surface area contributed by atoms with Crippen molar-refractivity contribution in [1.29, 1.82) is 0 Å². The van der Waals surface area contributed by atoms with Crippen LogP contribution in [0.25, 0.3) is 0 Å². The number of unbranched alkanes of at least 4 members (excludes halogenated alkanes) is 9. The van der Waals surface area contributed by atoms with Gasteiger partial charge in [-0.1, -0.05) is 71.1 Å². The first-order valence-electron chi connectivity index (χ1n) is 8.78. The molecule has 0 fully saturated rings. The van der Waals surface area contributed by atoms with Crippen LogP contribution in [0.15, 0.2) is 0 Å². The van der Waals surface area contributed by atoms with Gasteiger partial charge in [-0.05, 0) is 34.4 Å². The molecule has 2 nitrogen and oxygen atoms in total. The minimum absolute atomic E-state index is 0.112. The van der Waals surface area contributed by atoms with Gasteiger partial charge >= 0.3 is 0 Å². The lowest BCUT2D eigenvalue weighted by atomic mass is 9.91. The maximum atomic E-state index is 10.2. The standard InChI is InChI=1S/C18H39NO/c1-6-7-8-9-10-11-12-13-14-15-16-17(20)18(2,3)19(4)5/h17,20H,6-16H2,1-5H3.